The number of nitrogens with one attached hydrogen (secondary N) is 1. The summed E-state index contributed by atoms with van der Waals surface area (Å²) in [6, 6.07) is 5.61. The number of amides is 1. The van der Waals surface area contributed by atoms with Crippen molar-refractivity contribution in [2.75, 3.05) is 26.3 Å². The molecule has 2 aliphatic rings. The van der Waals surface area contributed by atoms with Crippen LogP contribution in [0.15, 0.2) is 24.3 Å². The first-order chi connectivity index (χ1) is 12.4. The minimum atomic E-state index is -4.33. The molecule has 2 saturated heterocycles. The first-order valence-corrected chi connectivity index (χ1v) is 9.18. The molecule has 1 unspecified atom stereocenters. The van der Waals surface area contributed by atoms with Crippen molar-refractivity contribution < 1.29 is 22.7 Å². The van der Waals surface area contributed by atoms with Gasteiger partial charge in [0, 0.05) is 32.3 Å². The molecule has 1 aromatic rings. The first-order valence-electron chi connectivity index (χ1n) is 9.18. The Balaban J connectivity index is 1.55. The lowest BCUT2D eigenvalue weighted by molar-refractivity contribution is -0.137. The molecule has 0 spiro atoms. The van der Waals surface area contributed by atoms with Crippen molar-refractivity contribution >= 4 is 5.91 Å². The summed E-state index contributed by atoms with van der Waals surface area (Å²) >= 11 is 0. The number of alkyl halides is 3. The molecule has 3 rings (SSSR count). The summed E-state index contributed by atoms with van der Waals surface area (Å²) < 4.78 is 43.9. The number of benzene rings is 1. The van der Waals surface area contributed by atoms with Gasteiger partial charge in [-0.05, 0) is 43.9 Å². The van der Waals surface area contributed by atoms with E-state index in [2.05, 4.69) is 10.2 Å². The van der Waals surface area contributed by atoms with Crippen molar-refractivity contribution in [2.45, 2.75) is 44.4 Å². The van der Waals surface area contributed by atoms with Crippen LogP contribution in [0.3, 0.4) is 0 Å². The molecule has 144 valence electrons. The summed E-state index contributed by atoms with van der Waals surface area (Å²) in [7, 11) is 0. The number of rotatable bonds is 4. The summed E-state index contributed by atoms with van der Waals surface area (Å²) in [5, 5.41) is 3.11. The number of piperidine rings is 1. The average Bonchev–Trinajstić information content (AvgIpc) is 2.62. The molecule has 1 atom stereocenters. The van der Waals surface area contributed by atoms with E-state index in [1.807, 2.05) is 0 Å². The third-order valence-electron chi connectivity index (χ3n) is 5.10. The third kappa shape index (κ3) is 5.20. The van der Waals surface area contributed by atoms with Crippen molar-refractivity contribution in [1.29, 1.82) is 0 Å². The van der Waals surface area contributed by atoms with Crippen molar-refractivity contribution in [3.63, 3.8) is 0 Å². The van der Waals surface area contributed by atoms with Gasteiger partial charge >= 0.3 is 6.18 Å². The van der Waals surface area contributed by atoms with Crippen LogP contribution < -0.4 is 5.32 Å². The van der Waals surface area contributed by atoms with E-state index in [-0.39, 0.29) is 17.9 Å². The van der Waals surface area contributed by atoms with E-state index in [1.54, 1.807) is 6.07 Å². The van der Waals surface area contributed by atoms with Gasteiger partial charge in [-0.2, -0.15) is 13.2 Å². The minimum absolute atomic E-state index is 0.0608. The van der Waals surface area contributed by atoms with Gasteiger partial charge in [0.2, 0.25) is 5.91 Å². The van der Waals surface area contributed by atoms with Crippen molar-refractivity contribution in [3.8, 4) is 0 Å². The number of halogens is 3. The van der Waals surface area contributed by atoms with E-state index < -0.39 is 11.7 Å². The first kappa shape index (κ1) is 19.2. The van der Waals surface area contributed by atoms with Crippen molar-refractivity contribution in [2.24, 2.45) is 5.92 Å². The molecular formula is C19H25F3N2O2. The number of hydrogen-bond donors (Lipinski definition) is 1. The predicted octanol–water partition coefficient (Wildman–Crippen LogP) is 3.21. The molecule has 2 fully saturated rings. The van der Waals surface area contributed by atoms with E-state index >= 15 is 0 Å². The molecule has 0 aliphatic carbocycles. The van der Waals surface area contributed by atoms with Crippen LogP contribution in [0.2, 0.25) is 0 Å². The lowest BCUT2D eigenvalue weighted by atomic mass is 9.95. The Kier molecular flexibility index (Phi) is 6.19. The number of hydrogen-bond acceptors (Lipinski definition) is 3. The van der Waals surface area contributed by atoms with Gasteiger partial charge in [-0.15, -0.1) is 0 Å². The molecular weight excluding hydrogens is 345 g/mol. The van der Waals surface area contributed by atoms with Gasteiger partial charge in [0.1, 0.15) is 0 Å². The molecule has 4 nitrogen and oxygen atoms in total. The van der Waals surface area contributed by atoms with Crippen LogP contribution in [0.1, 0.15) is 36.8 Å². The van der Waals surface area contributed by atoms with Gasteiger partial charge in [0.25, 0.3) is 0 Å². The van der Waals surface area contributed by atoms with Crippen LogP contribution in [0.25, 0.3) is 0 Å². The highest BCUT2D eigenvalue weighted by atomic mass is 19.4. The number of nitrogens with zero attached hydrogens (tertiary/aromatic N) is 1. The molecule has 26 heavy (non-hydrogen) atoms. The minimum Gasteiger partial charge on any atom is -0.381 e. The average molecular weight is 370 g/mol. The molecule has 0 saturated carbocycles. The summed E-state index contributed by atoms with van der Waals surface area (Å²) in [4.78, 5) is 14.6. The summed E-state index contributed by atoms with van der Waals surface area (Å²) in [6.45, 7) is 3.18. The maximum atomic E-state index is 12.9. The van der Waals surface area contributed by atoms with Crippen LogP contribution in [0.4, 0.5) is 13.2 Å². The summed E-state index contributed by atoms with van der Waals surface area (Å²) in [5.74, 6) is -0.0389. The van der Waals surface area contributed by atoms with E-state index in [1.165, 1.54) is 12.1 Å². The van der Waals surface area contributed by atoms with Crippen LogP contribution >= 0.6 is 0 Å². The standard InChI is InChI=1S/C19H25F3N2O2/c20-19(21,22)16-5-1-3-14(11-16)12-24-8-2-4-15(13-24)18(25)23-17-6-9-26-10-7-17/h1,3,5,11,15,17H,2,4,6-10,12-13H2,(H,23,25). The second kappa shape index (κ2) is 8.39. The van der Waals surface area contributed by atoms with E-state index in [4.69, 9.17) is 4.74 Å². The highest BCUT2D eigenvalue weighted by Crippen LogP contribution is 2.30. The molecule has 2 aliphatic heterocycles. The fourth-order valence-corrected chi connectivity index (χ4v) is 3.68. The van der Waals surface area contributed by atoms with Crippen molar-refractivity contribution in [1.82, 2.24) is 10.2 Å². The Bertz CT molecular complexity index is 615. The zero-order chi connectivity index (χ0) is 18.6. The Morgan fingerprint density at radius 3 is 2.73 bits per heavy atom. The van der Waals surface area contributed by atoms with Gasteiger partial charge < -0.3 is 10.1 Å². The van der Waals surface area contributed by atoms with Gasteiger partial charge in [-0.25, -0.2) is 0 Å². The quantitative estimate of drug-likeness (QED) is 0.885. The number of ether oxygens (including phenoxy) is 1. The Labute approximate surface area is 151 Å². The fraction of sp³-hybridized carbons (Fsp3) is 0.632. The SMILES string of the molecule is O=C(NC1CCOCC1)C1CCCN(Cc2cccc(C(F)(F)F)c2)C1. The molecule has 2 heterocycles. The molecule has 7 heteroatoms. The molecule has 1 N–H and O–H groups in total. The molecule has 1 aromatic carbocycles. The Hall–Kier alpha value is -1.60. The summed E-state index contributed by atoms with van der Waals surface area (Å²) in [5.41, 5.74) is 0.00568. The fourth-order valence-electron chi connectivity index (χ4n) is 3.68. The molecule has 0 bridgehead atoms. The molecule has 0 radical (unpaired) electrons. The predicted molar refractivity (Wildman–Crippen MR) is 91.4 cm³/mol. The normalized spacial score (nSPS) is 23.0. The smallest absolute Gasteiger partial charge is 0.381 e. The Morgan fingerprint density at radius 1 is 1.23 bits per heavy atom. The van der Waals surface area contributed by atoms with Crippen molar-refractivity contribution in [3.05, 3.63) is 35.4 Å². The van der Waals surface area contributed by atoms with E-state index in [9.17, 15) is 18.0 Å². The monoisotopic (exact) mass is 370 g/mol. The molecule has 1 amide bonds. The summed E-state index contributed by atoms with van der Waals surface area (Å²) in [6.07, 6.45) is -0.943. The lowest BCUT2D eigenvalue weighted by Gasteiger charge is -2.33. The number of carbonyl (C=O) groups excluding carboxylic acids is 1. The highest BCUT2D eigenvalue weighted by Gasteiger charge is 2.31. The maximum Gasteiger partial charge on any atom is 0.416 e. The van der Waals surface area contributed by atoms with Crippen LogP contribution in [0, 0.1) is 5.92 Å². The van der Waals surface area contributed by atoms with E-state index in [0.717, 1.165) is 38.3 Å². The topological polar surface area (TPSA) is 41.6 Å². The van der Waals surface area contributed by atoms with Crippen LogP contribution in [-0.4, -0.2) is 43.2 Å². The molecule has 0 aromatic heterocycles. The highest BCUT2D eigenvalue weighted by molar-refractivity contribution is 5.79. The van der Waals surface area contributed by atoms with Gasteiger partial charge in [-0.1, -0.05) is 18.2 Å². The second-order valence-electron chi connectivity index (χ2n) is 7.17. The Morgan fingerprint density at radius 2 is 2.00 bits per heavy atom. The zero-order valence-electron chi connectivity index (χ0n) is 14.7. The van der Waals surface area contributed by atoms with Crippen LogP contribution in [0.5, 0.6) is 0 Å². The lowest BCUT2D eigenvalue weighted by Crippen LogP contribution is -2.47. The van der Waals surface area contributed by atoms with Crippen LogP contribution in [-0.2, 0) is 22.3 Å². The second-order valence-corrected chi connectivity index (χ2v) is 7.17. The van der Waals surface area contributed by atoms with Gasteiger partial charge in [0.05, 0.1) is 11.5 Å². The van der Waals surface area contributed by atoms with E-state index in [0.29, 0.717) is 31.9 Å². The largest absolute Gasteiger partial charge is 0.416 e. The zero-order valence-corrected chi connectivity index (χ0v) is 14.7. The maximum absolute atomic E-state index is 12.9. The number of likely N-dealkylation sites (tertiary alicyclic amines) is 1. The van der Waals surface area contributed by atoms with Gasteiger partial charge in [-0.3, -0.25) is 9.69 Å². The third-order valence-corrected chi connectivity index (χ3v) is 5.10. The van der Waals surface area contributed by atoms with Gasteiger partial charge in [0.15, 0.2) is 0 Å². The number of carbonyl (C=O) groups is 1.